The molecule has 2 atom stereocenters. The average Bonchev–Trinajstić information content (AvgIpc) is 3.05. The van der Waals surface area contributed by atoms with Crippen LogP contribution in [-0.2, 0) is 16.2 Å². The first-order chi connectivity index (χ1) is 14.8. The molecule has 1 saturated heterocycles. The van der Waals surface area contributed by atoms with Crippen LogP contribution in [0.4, 0.5) is 23.2 Å². The van der Waals surface area contributed by atoms with Crippen LogP contribution in [0.25, 0.3) is 4.85 Å². The summed E-state index contributed by atoms with van der Waals surface area (Å²) in [7, 11) is -4.55. The van der Waals surface area contributed by atoms with E-state index in [1.165, 1.54) is 6.07 Å². The molecule has 0 amide bonds. The molecule has 2 N–H and O–H groups in total. The Morgan fingerprint density at radius 3 is 2.56 bits per heavy atom. The van der Waals surface area contributed by atoms with Crippen LogP contribution in [0.5, 0.6) is 5.75 Å². The van der Waals surface area contributed by atoms with Gasteiger partial charge in [-0.05, 0) is 24.3 Å². The van der Waals surface area contributed by atoms with E-state index in [0.717, 1.165) is 12.1 Å². The normalized spacial score (nSPS) is 22.0. The van der Waals surface area contributed by atoms with Gasteiger partial charge in [0.15, 0.2) is 0 Å². The second-order valence-electron chi connectivity index (χ2n) is 6.87. The molecule has 2 aromatic rings. The number of hydrogen-bond acceptors (Lipinski definition) is 6. The van der Waals surface area contributed by atoms with Crippen molar-refractivity contribution in [1.82, 2.24) is 9.29 Å². The molecule has 0 bridgehead atoms. The highest BCUT2D eigenvalue weighted by Crippen LogP contribution is 2.35. The number of aliphatic hydroxyl groups excluding tert-OH is 1. The molecule has 0 unspecified atom stereocenters. The summed E-state index contributed by atoms with van der Waals surface area (Å²) >= 11 is 5.69. The van der Waals surface area contributed by atoms with Gasteiger partial charge in [-0.3, -0.25) is 0 Å². The summed E-state index contributed by atoms with van der Waals surface area (Å²) in [5.41, 5.74) is -3.79. The highest BCUT2D eigenvalue weighted by molar-refractivity contribution is 7.89. The molecule has 1 fully saturated rings. The third-order valence-electron chi connectivity index (χ3n) is 4.73. The number of halogens is 5. The first-order valence-corrected chi connectivity index (χ1v) is 10.5. The average molecular weight is 496 g/mol. The largest absolute Gasteiger partial charge is 0.486 e. The summed E-state index contributed by atoms with van der Waals surface area (Å²) in [5.74, 6) is -1.05. The lowest BCUT2D eigenvalue weighted by Crippen LogP contribution is -2.48. The van der Waals surface area contributed by atoms with E-state index in [4.69, 9.17) is 22.9 Å². The van der Waals surface area contributed by atoms with Gasteiger partial charge in [0.1, 0.15) is 39.0 Å². The zero-order valence-corrected chi connectivity index (χ0v) is 17.4. The van der Waals surface area contributed by atoms with Crippen molar-refractivity contribution in [3.05, 3.63) is 58.4 Å². The molecule has 0 aliphatic carbocycles. The van der Waals surface area contributed by atoms with E-state index in [-0.39, 0.29) is 11.4 Å². The van der Waals surface area contributed by atoms with Crippen LogP contribution >= 0.6 is 11.6 Å². The molecule has 8 nitrogen and oxygen atoms in total. The van der Waals surface area contributed by atoms with Gasteiger partial charge < -0.3 is 14.9 Å². The molecule has 1 aliphatic heterocycles. The lowest BCUT2D eigenvalue weighted by atomic mass is 10.0. The van der Waals surface area contributed by atoms with Crippen LogP contribution < -0.4 is 4.74 Å². The second-order valence-corrected chi connectivity index (χ2v) is 9.14. The summed E-state index contributed by atoms with van der Waals surface area (Å²) in [4.78, 5) is 5.29. The van der Waals surface area contributed by atoms with Crippen molar-refractivity contribution in [2.75, 3.05) is 19.7 Å². The SMILES string of the molecule is [C-]#[N+]c1ccc(O[C@H]2CN(S(=O)(=O)c3ccc(C(F)(F)F)nc3Cl)C[C@@]2(O)CO)cc1F. The lowest BCUT2D eigenvalue weighted by molar-refractivity contribution is -0.141. The summed E-state index contributed by atoms with van der Waals surface area (Å²) in [6.07, 6.45) is -6.21. The first-order valence-electron chi connectivity index (χ1n) is 8.72. The number of rotatable bonds is 5. The predicted octanol–water partition coefficient (Wildman–Crippen LogP) is 2.62. The molecule has 1 aliphatic rings. The number of benzene rings is 1. The maximum Gasteiger partial charge on any atom is 0.433 e. The van der Waals surface area contributed by atoms with Gasteiger partial charge in [0.25, 0.3) is 0 Å². The zero-order chi connectivity index (χ0) is 23.9. The third-order valence-corrected chi connectivity index (χ3v) is 6.98. The quantitative estimate of drug-likeness (QED) is 0.375. The van der Waals surface area contributed by atoms with Gasteiger partial charge in [0, 0.05) is 12.6 Å². The Morgan fingerprint density at radius 2 is 2.03 bits per heavy atom. The minimum Gasteiger partial charge on any atom is -0.486 e. The monoisotopic (exact) mass is 495 g/mol. The number of nitrogens with zero attached hydrogens (tertiary/aromatic N) is 3. The van der Waals surface area contributed by atoms with Gasteiger partial charge in [-0.1, -0.05) is 11.6 Å². The Labute approximate surface area is 184 Å². The highest BCUT2D eigenvalue weighted by Gasteiger charge is 2.51. The Bertz CT molecular complexity index is 1190. The number of aromatic nitrogens is 1. The van der Waals surface area contributed by atoms with Crippen molar-refractivity contribution in [3.63, 3.8) is 0 Å². The molecule has 0 radical (unpaired) electrons. The van der Waals surface area contributed by atoms with Crippen LogP contribution in [0, 0.1) is 12.4 Å². The minimum atomic E-state index is -4.84. The van der Waals surface area contributed by atoms with Crippen molar-refractivity contribution >= 4 is 27.3 Å². The van der Waals surface area contributed by atoms with Gasteiger partial charge in [-0.25, -0.2) is 22.6 Å². The van der Waals surface area contributed by atoms with E-state index in [0.29, 0.717) is 16.4 Å². The topological polar surface area (TPSA) is 104 Å². The van der Waals surface area contributed by atoms with Crippen molar-refractivity contribution in [2.24, 2.45) is 0 Å². The summed E-state index contributed by atoms with van der Waals surface area (Å²) in [6.45, 7) is 4.67. The lowest BCUT2D eigenvalue weighted by Gasteiger charge is -2.27. The van der Waals surface area contributed by atoms with E-state index in [1.807, 2.05) is 0 Å². The summed E-state index contributed by atoms with van der Waals surface area (Å²) in [6, 6.07) is 4.29. The van der Waals surface area contributed by atoms with Crippen LogP contribution in [0.1, 0.15) is 5.69 Å². The Kier molecular flexibility index (Phi) is 6.38. The molecule has 3 rings (SSSR count). The van der Waals surface area contributed by atoms with Crippen LogP contribution in [0.2, 0.25) is 5.15 Å². The number of sulfonamides is 1. The van der Waals surface area contributed by atoms with E-state index >= 15 is 0 Å². The Hall–Kier alpha value is -2.50. The molecule has 14 heteroatoms. The van der Waals surface area contributed by atoms with Gasteiger partial charge in [-0.2, -0.15) is 17.5 Å². The van der Waals surface area contributed by atoms with E-state index in [1.54, 1.807) is 0 Å². The third kappa shape index (κ3) is 4.50. The fourth-order valence-corrected chi connectivity index (χ4v) is 4.98. The maximum atomic E-state index is 13.8. The fraction of sp³-hybridized carbons (Fsp3) is 0.333. The van der Waals surface area contributed by atoms with Crippen LogP contribution in [-0.4, -0.2) is 59.3 Å². The standard InChI is InChI=1S/C18H14ClF4N3O5S/c1-24-12-3-2-10(6-11(12)20)31-15-7-26(8-17(15,28)9-27)32(29,30)13-4-5-14(18(21,22)23)25-16(13)19/h2-6,15,27-28H,7-9H2/t15-,17+/m0/s1. The number of hydrogen-bond donors (Lipinski definition) is 2. The van der Waals surface area contributed by atoms with Crippen LogP contribution in [0.15, 0.2) is 35.2 Å². The van der Waals surface area contributed by atoms with E-state index in [9.17, 15) is 36.2 Å². The van der Waals surface area contributed by atoms with Gasteiger partial charge in [-0.15, -0.1) is 0 Å². The number of aliphatic hydroxyl groups is 2. The van der Waals surface area contributed by atoms with E-state index in [2.05, 4.69) is 9.83 Å². The molecule has 172 valence electrons. The van der Waals surface area contributed by atoms with Crippen molar-refractivity contribution in [3.8, 4) is 5.75 Å². The maximum absolute atomic E-state index is 13.8. The molecule has 1 aromatic heterocycles. The minimum absolute atomic E-state index is 0.139. The molecular weight excluding hydrogens is 482 g/mol. The van der Waals surface area contributed by atoms with Crippen molar-refractivity contribution < 1.29 is 40.9 Å². The molecule has 0 saturated carbocycles. The number of pyridine rings is 1. The summed E-state index contributed by atoms with van der Waals surface area (Å²) < 4.78 is 84.2. The second kappa shape index (κ2) is 8.45. The smallest absolute Gasteiger partial charge is 0.433 e. The summed E-state index contributed by atoms with van der Waals surface area (Å²) in [5, 5.41) is 19.4. The Balaban J connectivity index is 1.90. The fourth-order valence-electron chi connectivity index (χ4n) is 3.04. The van der Waals surface area contributed by atoms with E-state index < -0.39 is 69.2 Å². The molecule has 0 spiro atoms. The molecule has 2 heterocycles. The molecule has 1 aromatic carbocycles. The van der Waals surface area contributed by atoms with Crippen molar-refractivity contribution in [2.45, 2.75) is 22.8 Å². The predicted molar refractivity (Wildman–Crippen MR) is 102 cm³/mol. The van der Waals surface area contributed by atoms with Gasteiger partial charge >= 0.3 is 6.18 Å². The highest BCUT2D eigenvalue weighted by atomic mass is 35.5. The number of β-amino-alcohol motifs (C(OH)–C–C–N with tert-alkyl or cyclic N) is 1. The van der Waals surface area contributed by atoms with Crippen molar-refractivity contribution in [1.29, 1.82) is 0 Å². The van der Waals surface area contributed by atoms with Gasteiger partial charge in [0.2, 0.25) is 15.7 Å². The molecule has 32 heavy (non-hydrogen) atoms. The number of ether oxygens (including phenoxy) is 1. The Morgan fingerprint density at radius 1 is 1.34 bits per heavy atom. The number of alkyl halides is 3. The zero-order valence-electron chi connectivity index (χ0n) is 15.8. The first kappa shape index (κ1) is 24.1. The molecular formula is C18H14ClF4N3O5S. The van der Waals surface area contributed by atoms with Crippen LogP contribution in [0.3, 0.4) is 0 Å². The van der Waals surface area contributed by atoms with Gasteiger partial charge in [0.05, 0.1) is 19.7 Å².